The van der Waals surface area contributed by atoms with E-state index in [1.807, 2.05) is 55.5 Å². The van der Waals surface area contributed by atoms with Gasteiger partial charge in [-0.1, -0.05) is 37.7 Å². The maximum Gasteiger partial charge on any atom is 0.323 e. The Kier molecular flexibility index (Phi) is 6.18. The zero-order valence-corrected chi connectivity index (χ0v) is 18.5. The first-order valence-electron chi connectivity index (χ1n) is 10.2. The van der Waals surface area contributed by atoms with Crippen LogP contribution in [0.4, 0.5) is 16.2 Å². The molecule has 0 aliphatic heterocycles. The number of anilines is 2. The molecule has 0 radical (unpaired) electrons. The summed E-state index contributed by atoms with van der Waals surface area (Å²) in [5.41, 5.74) is 4.84. The molecule has 0 spiro atoms. The largest absolute Gasteiger partial charge is 0.323 e. The van der Waals surface area contributed by atoms with Gasteiger partial charge in [-0.15, -0.1) is 0 Å². The Morgan fingerprint density at radius 3 is 2.23 bits per heavy atom. The van der Waals surface area contributed by atoms with E-state index in [2.05, 4.69) is 39.5 Å². The first kappa shape index (κ1) is 20.9. The normalized spacial score (nSPS) is 10.9. The van der Waals surface area contributed by atoms with Crippen LogP contribution in [0.1, 0.15) is 30.7 Å². The molecular weight excluding hydrogens is 408 g/mol. The quantitative estimate of drug-likeness (QED) is 0.401. The number of aryl methyl sites for hydroxylation is 2. The number of carbonyl (C=O) groups is 1. The third kappa shape index (κ3) is 4.69. The monoisotopic (exact) mass is 432 g/mol. The average Bonchev–Trinajstić information content (AvgIpc) is 3.24. The molecule has 0 saturated carbocycles. The molecule has 0 unspecified atom stereocenters. The predicted molar refractivity (Wildman–Crippen MR) is 124 cm³/mol. The van der Waals surface area contributed by atoms with Crippen molar-refractivity contribution < 1.29 is 4.79 Å². The summed E-state index contributed by atoms with van der Waals surface area (Å²) in [6, 6.07) is 15.3. The molecule has 0 fully saturated rings. The number of benzene rings is 2. The van der Waals surface area contributed by atoms with Crippen molar-refractivity contribution >= 4 is 34.9 Å². The van der Waals surface area contributed by atoms with Crippen molar-refractivity contribution in [2.24, 2.45) is 0 Å². The first-order chi connectivity index (χ1) is 15.1. The third-order valence-corrected chi connectivity index (χ3v) is 6.11. The van der Waals surface area contributed by atoms with Gasteiger partial charge in [0.1, 0.15) is 11.4 Å². The number of fused-ring (bicyclic) bond motifs is 1. The van der Waals surface area contributed by atoms with E-state index in [4.69, 9.17) is 0 Å². The molecule has 2 aromatic heterocycles. The van der Waals surface area contributed by atoms with Crippen LogP contribution in [0.5, 0.6) is 0 Å². The highest BCUT2D eigenvalue weighted by Crippen LogP contribution is 2.32. The molecule has 2 N–H and O–H groups in total. The lowest BCUT2D eigenvalue weighted by Gasteiger charge is -2.12. The second-order valence-electron chi connectivity index (χ2n) is 7.06. The minimum atomic E-state index is -0.271. The second-order valence-corrected chi connectivity index (χ2v) is 8.12. The van der Waals surface area contributed by atoms with Crippen LogP contribution in [0, 0.1) is 6.92 Å². The van der Waals surface area contributed by atoms with Crippen LogP contribution in [0.25, 0.3) is 5.78 Å². The van der Waals surface area contributed by atoms with Crippen LogP contribution in [0.3, 0.4) is 0 Å². The highest BCUT2D eigenvalue weighted by molar-refractivity contribution is 7.99. The average molecular weight is 433 g/mol. The molecule has 2 aromatic carbocycles. The Morgan fingerprint density at radius 2 is 1.61 bits per heavy atom. The molecule has 0 atom stereocenters. The summed E-state index contributed by atoms with van der Waals surface area (Å²) in [7, 11) is 0. The van der Waals surface area contributed by atoms with Gasteiger partial charge >= 0.3 is 6.03 Å². The summed E-state index contributed by atoms with van der Waals surface area (Å²) in [6.07, 6.45) is 3.35. The van der Waals surface area contributed by atoms with Gasteiger partial charge < -0.3 is 10.6 Å². The molecule has 8 heteroatoms. The SMILES string of the molecule is CCc1ccc(NC(=O)Nc2ccc(Sc3c(CC)c(C)nc4ncnn34)cc2)cc1. The van der Waals surface area contributed by atoms with E-state index in [1.54, 1.807) is 16.3 Å². The van der Waals surface area contributed by atoms with Gasteiger partial charge in [-0.05, 0) is 61.7 Å². The molecule has 158 valence electrons. The summed E-state index contributed by atoms with van der Waals surface area (Å²) in [4.78, 5) is 22.1. The summed E-state index contributed by atoms with van der Waals surface area (Å²) in [6.45, 7) is 6.21. The first-order valence-corrected chi connectivity index (χ1v) is 11.0. The fourth-order valence-corrected chi connectivity index (χ4v) is 4.43. The molecule has 0 saturated heterocycles. The fourth-order valence-electron chi connectivity index (χ4n) is 3.30. The van der Waals surface area contributed by atoms with E-state index in [9.17, 15) is 4.79 Å². The Bertz CT molecular complexity index is 1200. The molecule has 0 bridgehead atoms. The number of rotatable bonds is 6. The van der Waals surface area contributed by atoms with Crippen molar-refractivity contribution in [2.75, 3.05) is 10.6 Å². The van der Waals surface area contributed by atoms with E-state index < -0.39 is 0 Å². The molecule has 2 heterocycles. The van der Waals surface area contributed by atoms with E-state index in [1.165, 1.54) is 11.9 Å². The molecule has 0 aliphatic rings. The number of nitrogens with one attached hydrogen (secondary N) is 2. The van der Waals surface area contributed by atoms with Crippen LogP contribution in [-0.4, -0.2) is 25.6 Å². The lowest BCUT2D eigenvalue weighted by molar-refractivity contribution is 0.262. The molecule has 2 amide bonds. The van der Waals surface area contributed by atoms with Crippen molar-refractivity contribution in [3.63, 3.8) is 0 Å². The Morgan fingerprint density at radius 1 is 0.968 bits per heavy atom. The molecule has 4 aromatic rings. The van der Waals surface area contributed by atoms with Gasteiger partial charge in [-0.25, -0.2) is 9.78 Å². The van der Waals surface area contributed by atoms with Gasteiger partial charge in [0, 0.05) is 27.5 Å². The van der Waals surface area contributed by atoms with Crippen molar-refractivity contribution in [3.05, 3.63) is 71.7 Å². The summed E-state index contributed by atoms with van der Waals surface area (Å²) in [5.74, 6) is 0.596. The van der Waals surface area contributed by atoms with Gasteiger partial charge in [0.15, 0.2) is 0 Å². The Balaban J connectivity index is 1.46. The van der Waals surface area contributed by atoms with Gasteiger partial charge in [-0.2, -0.15) is 14.6 Å². The maximum atomic E-state index is 12.3. The zero-order chi connectivity index (χ0) is 21.8. The summed E-state index contributed by atoms with van der Waals surface area (Å²) in [5, 5.41) is 11.1. The Labute approximate surface area is 185 Å². The highest BCUT2D eigenvalue weighted by Gasteiger charge is 2.14. The van der Waals surface area contributed by atoms with Crippen LogP contribution < -0.4 is 10.6 Å². The molecular formula is C23H24N6OS. The number of nitrogens with zero attached hydrogens (tertiary/aromatic N) is 4. The molecule has 7 nitrogen and oxygen atoms in total. The number of carbonyl (C=O) groups excluding carboxylic acids is 1. The van der Waals surface area contributed by atoms with Crippen LogP contribution >= 0.6 is 11.8 Å². The van der Waals surface area contributed by atoms with Crippen molar-refractivity contribution in [2.45, 2.75) is 43.5 Å². The minimum Gasteiger partial charge on any atom is -0.308 e. The van der Waals surface area contributed by atoms with E-state index in [-0.39, 0.29) is 6.03 Å². The Hall–Kier alpha value is -3.39. The standard InChI is InChI=1S/C23H24N6OS/c1-4-16-6-8-17(9-7-16)27-23(30)28-18-10-12-19(13-11-18)31-21-20(5-2)15(3)26-22-24-14-25-29(21)22/h6-14H,4-5H2,1-3H3,(H2,27,28,30). The van der Waals surface area contributed by atoms with Crippen LogP contribution in [-0.2, 0) is 12.8 Å². The lowest BCUT2D eigenvalue weighted by Crippen LogP contribution is -2.19. The van der Waals surface area contributed by atoms with Crippen molar-refractivity contribution in [1.82, 2.24) is 19.6 Å². The van der Waals surface area contributed by atoms with E-state index in [0.717, 1.165) is 45.4 Å². The smallest absolute Gasteiger partial charge is 0.308 e. The second kappa shape index (κ2) is 9.18. The number of hydrogen-bond donors (Lipinski definition) is 2. The van der Waals surface area contributed by atoms with Crippen LogP contribution in [0.15, 0.2) is 64.8 Å². The van der Waals surface area contributed by atoms with Crippen molar-refractivity contribution in [3.8, 4) is 0 Å². The third-order valence-electron chi connectivity index (χ3n) is 4.99. The fraction of sp³-hybridized carbons (Fsp3) is 0.217. The summed E-state index contributed by atoms with van der Waals surface area (Å²) < 4.78 is 1.78. The number of aromatic nitrogens is 4. The molecule has 4 rings (SSSR count). The maximum absolute atomic E-state index is 12.3. The zero-order valence-electron chi connectivity index (χ0n) is 17.7. The summed E-state index contributed by atoms with van der Waals surface area (Å²) >= 11 is 1.61. The van der Waals surface area contributed by atoms with Crippen LogP contribution in [0.2, 0.25) is 0 Å². The number of amides is 2. The molecule has 31 heavy (non-hydrogen) atoms. The topological polar surface area (TPSA) is 84.2 Å². The van der Waals surface area contributed by atoms with E-state index >= 15 is 0 Å². The van der Waals surface area contributed by atoms with Gasteiger partial charge in [0.25, 0.3) is 5.78 Å². The predicted octanol–water partition coefficient (Wildman–Crippen LogP) is 5.35. The lowest BCUT2D eigenvalue weighted by atomic mass is 10.1. The van der Waals surface area contributed by atoms with Crippen molar-refractivity contribution in [1.29, 1.82) is 0 Å². The highest BCUT2D eigenvalue weighted by atomic mass is 32.2. The number of hydrogen-bond acceptors (Lipinski definition) is 5. The van der Waals surface area contributed by atoms with Gasteiger partial charge in [0.2, 0.25) is 0 Å². The number of urea groups is 1. The van der Waals surface area contributed by atoms with E-state index in [0.29, 0.717) is 5.78 Å². The minimum absolute atomic E-state index is 0.271. The van der Waals surface area contributed by atoms with Gasteiger partial charge in [-0.3, -0.25) is 0 Å². The molecule has 0 aliphatic carbocycles. The van der Waals surface area contributed by atoms with Gasteiger partial charge in [0.05, 0.1) is 0 Å².